The number of aromatic nitrogens is 2. The molecule has 72 valence electrons. The molecule has 0 atom stereocenters. The molecule has 1 aromatic heterocycles. The van der Waals surface area contributed by atoms with Gasteiger partial charge in [0.25, 0.3) is 0 Å². The third kappa shape index (κ3) is 3.27. The summed E-state index contributed by atoms with van der Waals surface area (Å²) < 4.78 is 35.3. The van der Waals surface area contributed by atoms with Gasteiger partial charge in [0.1, 0.15) is 6.07 Å². The van der Waals surface area contributed by atoms with Crippen molar-refractivity contribution in [2.45, 2.75) is 0 Å². The molecule has 0 aliphatic rings. The van der Waals surface area contributed by atoms with E-state index in [0.29, 0.717) is 0 Å². The molecule has 1 aromatic rings. The SMILES string of the molecule is N#Cc1ncc(/C=C/[B-](F)(F)F)cn1. The van der Waals surface area contributed by atoms with Crippen LogP contribution in [0.1, 0.15) is 11.4 Å². The summed E-state index contributed by atoms with van der Waals surface area (Å²) in [5.74, 6) is 0.0738. The van der Waals surface area contributed by atoms with Crippen molar-refractivity contribution in [3.05, 3.63) is 29.8 Å². The first-order valence-electron chi connectivity index (χ1n) is 3.62. The summed E-state index contributed by atoms with van der Waals surface area (Å²) >= 11 is 0. The van der Waals surface area contributed by atoms with Crippen molar-refractivity contribution in [1.29, 1.82) is 5.26 Å². The van der Waals surface area contributed by atoms with Crippen molar-refractivity contribution in [2.24, 2.45) is 0 Å². The Bertz CT molecular complexity index is 377. The molecule has 0 spiro atoms. The molecule has 0 fully saturated rings. The molecule has 3 nitrogen and oxygen atoms in total. The molecule has 0 aliphatic carbocycles. The largest absolute Gasteiger partial charge is 0.502 e. The highest BCUT2D eigenvalue weighted by Crippen LogP contribution is 2.11. The van der Waals surface area contributed by atoms with Crippen molar-refractivity contribution in [1.82, 2.24) is 9.97 Å². The van der Waals surface area contributed by atoms with Crippen molar-refractivity contribution in [3.8, 4) is 6.07 Å². The highest BCUT2D eigenvalue weighted by Gasteiger charge is 2.16. The van der Waals surface area contributed by atoms with Crippen LogP contribution in [0, 0.1) is 11.3 Å². The molecule has 0 saturated carbocycles. The molecule has 1 rings (SSSR count). The van der Waals surface area contributed by atoms with Crippen molar-refractivity contribution < 1.29 is 12.9 Å². The Labute approximate surface area is 78.0 Å². The molecule has 7 heteroatoms. The Morgan fingerprint density at radius 1 is 1.29 bits per heavy atom. The fourth-order valence-corrected chi connectivity index (χ4v) is 0.702. The van der Waals surface area contributed by atoms with Gasteiger partial charge in [-0.1, -0.05) is 6.08 Å². The van der Waals surface area contributed by atoms with Gasteiger partial charge < -0.3 is 12.9 Å². The summed E-state index contributed by atoms with van der Waals surface area (Å²) in [5, 5.41) is 8.32. The number of nitrogens with zero attached hydrogens (tertiary/aromatic N) is 3. The van der Waals surface area contributed by atoms with Crippen molar-refractivity contribution in [3.63, 3.8) is 0 Å². The van der Waals surface area contributed by atoms with Crippen molar-refractivity contribution >= 4 is 13.1 Å². The maximum absolute atomic E-state index is 11.8. The molecule has 0 aromatic carbocycles. The van der Waals surface area contributed by atoms with Gasteiger partial charge in [-0.2, -0.15) is 5.26 Å². The van der Waals surface area contributed by atoms with Crippen LogP contribution in [0.5, 0.6) is 0 Å². The summed E-state index contributed by atoms with van der Waals surface area (Å²) in [6.07, 6.45) is 3.18. The zero-order valence-electron chi connectivity index (χ0n) is 6.86. The number of hydrogen-bond donors (Lipinski definition) is 0. The minimum absolute atomic E-state index is 0.0698. The van der Waals surface area contributed by atoms with Crippen LogP contribution < -0.4 is 0 Å². The van der Waals surface area contributed by atoms with Crippen LogP contribution in [-0.2, 0) is 0 Å². The van der Waals surface area contributed by atoms with Crippen LogP contribution in [0.2, 0.25) is 0 Å². The van der Waals surface area contributed by atoms with E-state index in [9.17, 15) is 12.9 Å². The number of rotatable bonds is 2. The van der Waals surface area contributed by atoms with E-state index in [1.54, 1.807) is 6.07 Å². The quantitative estimate of drug-likeness (QED) is 0.680. The Morgan fingerprint density at radius 2 is 1.86 bits per heavy atom. The van der Waals surface area contributed by atoms with Gasteiger partial charge in [-0.15, -0.1) is 5.98 Å². The first-order chi connectivity index (χ1) is 6.51. The molecular weight excluding hydrogens is 194 g/mol. The minimum atomic E-state index is -4.94. The van der Waals surface area contributed by atoms with Gasteiger partial charge in [-0.25, -0.2) is 9.97 Å². The van der Waals surface area contributed by atoms with Crippen molar-refractivity contribution in [2.75, 3.05) is 0 Å². The monoisotopic (exact) mass is 198 g/mol. The van der Waals surface area contributed by atoms with E-state index in [2.05, 4.69) is 9.97 Å². The lowest BCUT2D eigenvalue weighted by Gasteiger charge is -2.05. The zero-order valence-corrected chi connectivity index (χ0v) is 6.86. The Hall–Kier alpha value is -1.84. The van der Waals surface area contributed by atoms with Gasteiger partial charge in [-0.3, -0.25) is 0 Å². The Morgan fingerprint density at radius 3 is 2.29 bits per heavy atom. The molecule has 0 aliphatic heterocycles. The van der Waals surface area contributed by atoms with Crippen LogP contribution in [0.3, 0.4) is 0 Å². The average molecular weight is 198 g/mol. The first kappa shape index (κ1) is 10.2. The van der Waals surface area contributed by atoms with Crippen LogP contribution in [0.15, 0.2) is 18.4 Å². The summed E-state index contributed by atoms with van der Waals surface area (Å²) in [7, 11) is 0. The van der Waals surface area contributed by atoms with E-state index < -0.39 is 6.98 Å². The molecule has 0 bridgehead atoms. The van der Waals surface area contributed by atoms with E-state index in [1.165, 1.54) is 0 Å². The van der Waals surface area contributed by atoms with Gasteiger partial charge in [0.2, 0.25) is 5.82 Å². The fourth-order valence-electron chi connectivity index (χ4n) is 0.702. The molecule has 1 heterocycles. The maximum atomic E-state index is 11.8. The molecule has 0 radical (unpaired) electrons. The van der Waals surface area contributed by atoms with E-state index in [1.807, 2.05) is 0 Å². The van der Waals surface area contributed by atoms with Crippen LogP contribution in [-0.4, -0.2) is 16.9 Å². The lowest BCUT2D eigenvalue weighted by molar-refractivity contribution is 0.499. The van der Waals surface area contributed by atoms with E-state index >= 15 is 0 Å². The van der Waals surface area contributed by atoms with Crippen LogP contribution in [0.4, 0.5) is 12.9 Å². The van der Waals surface area contributed by atoms with Gasteiger partial charge in [0.05, 0.1) is 0 Å². The van der Waals surface area contributed by atoms with E-state index in [0.717, 1.165) is 18.5 Å². The second-order valence-electron chi connectivity index (χ2n) is 2.44. The van der Waals surface area contributed by atoms with Gasteiger partial charge >= 0.3 is 6.98 Å². The third-order valence-corrected chi connectivity index (χ3v) is 1.28. The summed E-state index contributed by atoms with van der Waals surface area (Å²) in [5.41, 5.74) is 0.211. The molecule has 0 saturated heterocycles. The molecule has 14 heavy (non-hydrogen) atoms. The normalized spacial score (nSPS) is 11.6. The van der Waals surface area contributed by atoms with Gasteiger partial charge in [0, 0.05) is 18.0 Å². The van der Waals surface area contributed by atoms with E-state index in [4.69, 9.17) is 5.26 Å². The molecule has 0 amide bonds. The molecule has 0 unspecified atom stereocenters. The number of hydrogen-bond acceptors (Lipinski definition) is 3. The lowest BCUT2D eigenvalue weighted by Crippen LogP contribution is -2.09. The second kappa shape index (κ2) is 3.92. The van der Waals surface area contributed by atoms with Gasteiger partial charge in [-0.05, 0) is 0 Å². The smallest absolute Gasteiger partial charge is 0.445 e. The standard InChI is InChI=1S/C7H4BF3N3/c9-8(10,11)2-1-6-4-13-7(3-12)14-5-6/h1-2,4-5H/q-1/b2-1+. The zero-order chi connectivity index (χ0) is 10.6. The minimum Gasteiger partial charge on any atom is -0.445 e. The highest BCUT2D eigenvalue weighted by molar-refractivity contribution is 6.64. The Balaban J connectivity index is 2.80. The second-order valence-corrected chi connectivity index (χ2v) is 2.44. The topological polar surface area (TPSA) is 49.6 Å². The predicted molar refractivity (Wildman–Crippen MR) is 44.9 cm³/mol. The fraction of sp³-hybridized carbons (Fsp3) is 0. The summed E-state index contributed by atoms with van der Waals surface area (Å²) in [4.78, 5) is 7.03. The Kier molecular flexibility index (Phi) is 2.87. The number of nitriles is 1. The summed E-state index contributed by atoms with van der Waals surface area (Å²) in [6, 6.07) is 1.66. The average Bonchev–Trinajstić information content (AvgIpc) is 2.14. The number of halogens is 3. The van der Waals surface area contributed by atoms with E-state index in [-0.39, 0.29) is 17.4 Å². The van der Waals surface area contributed by atoms with Crippen LogP contribution in [0.25, 0.3) is 6.08 Å². The molecule has 0 N–H and O–H groups in total. The van der Waals surface area contributed by atoms with Crippen LogP contribution >= 0.6 is 0 Å². The third-order valence-electron chi connectivity index (χ3n) is 1.28. The first-order valence-corrected chi connectivity index (χ1v) is 3.62. The highest BCUT2D eigenvalue weighted by atomic mass is 19.4. The van der Waals surface area contributed by atoms with Gasteiger partial charge in [0.15, 0.2) is 0 Å². The lowest BCUT2D eigenvalue weighted by atomic mass is 9.91. The maximum Gasteiger partial charge on any atom is 0.502 e. The summed E-state index contributed by atoms with van der Waals surface area (Å²) in [6.45, 7) is -4.94. The predicted octanol–water partition coefficient (Wildman–Crippen LogP) is 1.75. The molecular formula is C7H4BF3N3-.